The lowest BCUT2D eigenvalue weighted by molar-refractivity contribution is -0.255. The van der Waals surface area contributed by atoms with Gasteiger partial charge in [0, 0.05) is 11.0 Å². The molecule has 10 nitrogen and oxygen atoms in total. The number of allylic oxidation sites excluding steroid dienone is 1. The summed E-state index contributed by atoms with van der Waals surface area (Å²) in [4.78, 5) is 17.9. The van der Waals surface area contributed by atoms with Crippen LogP contribution in [0.2, 0.25) is 0 Å². The highest BCUT2D eigenvalue weighted by atomic mass is 32.2. The van der Waals surface area contributed by atoms with E-state index in [1.165, 1.54) is 11.9 Å². The number of nitrogens with two attached hydrogens (primary N) is 1. The van der Waals surface area contributed by atoms with Crippen LogP contribution < -0.4 is 5.73 Å². The van der Waals surface area contributed by atoms with Gasteiger partial charge in [-0.3, -0.25) is 4.79 Å². The molecule has 5 aliphatic rings. The minimum Gasteiger partial charge on any atom is -0.481 e. The van der Waals surface area contributed by atoms with Crippen molar-refractivity contribution in [3.8, 4) is 0 Å². The number of nitrogens with zero attached hydrogens (tertiary/aromatic N) is 3. The van der Waals surface area contributed by atoms with E-state index in [0.717, 1.165) is 25.7 Å². The third kappa shape index (κ3) is 5.46. The smallest absolute Gasteiger partial charge is 0.307 e. The van der Waals surface area contributed by atoms with Crippen molar-refractivity contribution in [1.29, 1.82) is 0 Å². The Labute approximate surface area is 307 Å². The van der Waals surface area contributed by atoms with Crippen LogP contribution in [0.15, 0.2) is 23.1 Å². The third-order valence-electron chi connectivity index (χ3n) is 16.4. The molecule has 4 fully saturated rings. The molecule has 51 heavy (non-hydrogen) atoms. The normalized spacial score (nSPS) is 42.7. The van der Waals surface area contributed by atoms with Crippen molar-refractivity contribution in [1.82, 2.24) is 14.8 Å². The van der Waals surface area contributed by atoms with Crippen molar-refractivity contribution in [3.63, 3.8) is 0 Å². The summed E-state index contributed by atoms with van der Waals surface area (Å²) in [5.74, 6) is -0.0994. The van der Waals surface area contributed by atoms with Crippen LogP contribution in [0.5, 0.6) is 0 Å². The molecule has 0 spiro atoms. The predicted molar refractivity (Wildman–Crippen MR) is 198 cm³/mol. The minimum atomic E-state index is -3.68. The molecule has 11 heteroatoms. The molecule has 3 saturated carbocycles. The summed E-state index contributed by atoms with van der Waals surface area (Å²) in [5.41, 5.74) is 5.70. The summed E-state index contributed by atoms with van der Waals surface area (Å²) in [6, 6.07) is -0.411. The molecule has 6 rings (SSSR count). The topological polar surface area (TPSA) is 147 Å². The van der Waals surface area contributed by atoms with E-state index >= 15 is 0 Å². The highest BCUT2D eigenvalue weighted by Crippen LogP contribution is 2.75. The van der Waals surface area contributed by atoms with Crippen LogP contribution in [0.25, 0.3) is 0 Å². The van der Waals surface area contributed by atoms with Gasteiger partial charge in [-0.15, -0.1) is 0 Å². The average molecular weight is 731 g/mol. The Morgan fingerprint density at radius 1 is 1.12 bits per heavy atom. The molecule has 0 amide bonds. The maximum atomic E-state index is 13.6. The third-order valence-corrected chi connectivity index (χ3v) is 18.0. The highest BCUT2D eigenvalue weighted by Gasteiger charge is 2.73. The van der Waals surface area contributed by atoms with Crippen LogP contribution in [-0.2, 0) is 24.1 Å². The van der Waals surface area contributed by atoms with Crippen molar-refractivity contribution in [3.05, 3.63) is 18.0 Å². The Morgan fingerprint density at radius 2 is 1.80 bits per heavy atom. The zero-order valence-electron chi connectivity index (χ0n) is 33.2. The molecule has 0 aromatic carbocycles. The summed E-state index contributed by atoms with van der Waals surface area (Å²) >= 11 is 0. The van der Waals surface area contributed by atoms with Gasteiger partial charge >= 0.3 is 5.97 Å². The SMILES string of the molecule is CCS(=O)(=O)c1ncnn1[C@@H]1C[C@]2(C)COC[C@@]3(C4=CC[C@@]5(C)[C@H](C(=O)O)[C@@](C)([C@H](C)C(C)C)CC[C@]5(C)[C@H]4CC[C@H]23)[C@H]1OC[C@](C)(N)C(C)C. The first-order valence-corrected chi connectivity index (χ1v) is 21.3. The first-order valence-electron chi connectivity index (χ1n) is 19.6. The summed E-state index contributed by atoms with van der Waals surface area (Å²) in [6.45, 7) is 25.1. The Morgan fingerprint density at radius 3 is 2.41 bits per heavy atom. The number of hydrogen-bond acceptors (Lipinski definition) is 8. The largest absolute Gasteiger partial charge is 0.481 e. The van der Waals surface area contributed by atoms with Crippen molar-refractivity contribution >= 4 is 15.8 Å². The van der Waals surface area contributed by atoms with Gasteiger partial charge in [0.2, 0.25) is 15.0 Å². The predicted octanol–water partition coefficient (Wildman–Crippen LogP) is 6.96. The van der Waals surface area contributed by atoms with E-state index in [9.17, 15) is 18.3 Å². The number of aromatic nitrogens is 3. The van der Waals surface area contributed by atoms with Crippen molar-refractivity contribution in [2.24, 2.45) is 68.3 Å². The lowest BCUT2D eigenvalue weighted by atomic mass is 9.34. The molecule has 1 aromatic heterocycles. The Hall–Kier alpha value is -1.82. The van der Waals surface area contributed by atoms with E-state index in [0.29, 0.717) is 38.6 Å². The zero-order valence-corrected chi connectivity index (χ0v) is 34.0. The molecule has 3 N–H and O–H groups in total. The van der Waals surface area contributed by atoms with E-state index < -0.39 is 50.2 Å². The van der Waals surface area contributed by atoms with Gasteiger partial charge in [-0.25, -0.2) is 18.1 Å². The summed E-state index contributed by atoms with van der Waals surface area (Å²) in [6.07, 6.45) is 8.37. The summed E-state index contributed by atoms with van der Waals surface area (Å²) in [7, 11) is -3.68. The molecular weight excluding hydrogens is 665 g/mol. The van der Waals surface area contributed by atoms with Crippen molar-refractivity contribution in [2.75, 3.05) is 25.6 Å². The molecule has 4 aliphatic carbocycles. The second-order valence-electron chi connectivity index (χ2n) is 19.4. The van der Waals surface area contributed by atoms with E-state index in [4.69, 9.17) is 15.2 Å². The van der Waals surface area contributed by atoms with Crippen molar-refractivity contribution in [2.45, 2.75) is 138 Å². The summed E-state index contributed by atoms with van der Waals surface area (Å²) in [5, 5.41) is 15.8. The van der Waals surface area contributed by atoms with E-state index in [-0.39, 0.29) is 50.8 Å². The van der Waals surface area contributed by atoms with E-state index in [1.807, 2.05) is 6.92 Å². The molecule has 288 valence electrons. The van der Waals surface area contributed by atoms with Crippen LogP contribution in [0.4, 0.5) is 0 Å². The van der Waals surface area contributed by atoms with Gasteiger partial charge in [0.05, 0.1) is 43.6 Å². The molecule has 12 atom stereocenters. The van der Waals surface area contributed by atoms with Gasteiger partial charge in [-0.1, -0.05) is 80.9 Å². The van der Waals surface area contributed by atoms with Crippen molar-refractivity contribution < 1.29 is 27.8 Å². The Kier molecular flexibility index (Phi) is 9.62. The maximum Gasteiger partial charge on any atom is 0.307 e. The molecule has 0 unspecified atom stereocenters. The van der Waals surface area contributed by atoms with Gasteiger partial charge < -0.3 is 20.3 Å². The number of carbonyl (C=O) groups is 1. The summed E-state index contributed by atoms with van der Waals surface area (Å²) < 4.78 is 42.5. The number of rotatable bonds is 10. The van der Waals surface area contributed by atoms with Crippen LogP contribution in [-0.4, -0.2) is 71.5 Å². The second kappa shape index (κ2) is 12.6. The van der Waals surface area contributed by atoms with Gasteiger partial charge in [0.1, 0.15) is 6.33 Å². The fraction of sp³-hybridized carbons (Fsp3) is 0.875. The van der Waals surface area contributed by atoms with Crippen LogP contribution in [0.1, 0.15) is 121 Å². The van der Waals surface area contributed by atoms with Crippen LogP contribution in [0, 0.1) is 62.6 Å². The molecule has 1 aromatic rings. The number of ether oxygens (including phenoxy) is 2. The standard InChI is InChI=1S/C40H66N4O6S/c1-12-51(47,48)34-42-23-43-44(34)29-19-35(7)20-49-22-40(32(29)50-21-39(11,41)25(4)5)28-15-16-38(10)31(33(45)46)36(8,26(6)24(2)3)17-18-37(38,9)27(28)13-14-30(35)40/h15,23-27,29-32H,12-14,16-22,41H2,1-11H3,(H,45,46)/t26-,27+,29-,30-,31-,32+,35-,36-,37-,38+,39+,40+/m1/s1. The van der Waals surface area contributed by atoms with Gasteiger partial charge in [0.15, 0.2) is 0 Å². The number of hydrogen-bond donors (Lipinski definition) is 2. The molecular formula is C40H66N4O6S. The van der Waals surface area contributed by atoms with Crippen LogP contribution >= 0.6 is 0 Å². The number of fused-ring (bicyclic) bond motifs is 3. The highest BCUT2D eigenvalue weighted by molar-refractivity contribution is 7.91. The van der Waals surface area contributed by atoms with Gasteiger partial charge in [0.25, 0.3) is 0 Å². The average Bonchev–Trinajstić information content (AvgIpc) is 3.55. The molecule has 0 radical (unpaired) electrons. The van der Waals surface area contributed by atoms with E-state index in [2.05, 4.69) is 78.5 Å². The molecule has 1 saturated heterocycles. The zero-order chi connectivity index (χ0) is 37.7. The van der Waals surface area contributed by atoms with Gasteiger partial charge in [-0.05, 0) is 96.7 Å². The Balaban J connectivity index is 1.55. The second-order valence-corrected chi connectivity index (χ2v) is 21.6. The minimum absolute atomic E-state index is 0.0138. The van der Waals surface area contributed by atoms with E-state index in [1.54, 1.807) is 11.6 Å². The quantitative estimate of drug-likeness (QED) is 0.244. The monoisotopic (exact) mass is 730 g/mol. The lowest BCUT2D eigenvalue weighted by Gasteiger charge is -2.71. The van der Waals surface area contributed by atoms with Crippen LogP contribution in [0.3, 0.4) is 0 Å². The molecule has 2 heterocycles. The number of aliphatic carboxylic acids is 1. The molecule has 1 aliphatic heterocycles. The Bertz CT molecular complexity index is 1650. The first-order chi connectivity index (χ1) is 23.6. The fourth-order valence-corrected chi connectivity index (χ4v) is 13.3. The number of sulfone groups is 1. The molecule has 2 bridgehead atoms. The van der Waals surface area contributed by atoms with Gasteiger partial charge in [-0.2, -0.15) is 5.10 Å². The maximum absolute atomic E-state index is 13.6. The number of carboxylic acid groups (broad SMARTS) is 1. The lowest BCUT2D eigenvalue weighted by Crippen LogP contribution is -2.70. The first kappa shape index (κ1) is 38.9. The fourth-order valence-electron chi connectivity index (χ4n) is 12.3. The number of carboxylic acids is 1.